The van der Waals surface area contributed by atoms with Crippen LogP contribution in [0.1, 0.15) is 29.2 Å². The predicted molar refractivity (Wildman–Crippen MR) is 144 cm³/mol. The van der Waals surface area contributed by atoms with E-state index in [0.717, 1.165) is 9.13 Å². The monoisotopic (exact) mass is 586 g/mol. The first-order valence-electron chi connectivity index (χ1n) is 10.6. The van der Waals surface area contributed by atoms with Crippen LogP contribution >= 0.6 is 34.2 Å². The summed E-state index contributed by atoms with van der Waals surface area (Å²) in [5.74, 6) is 0.677. The number of anilines is 1. The number of rotatable bonds is 8. The van der Waals surface area contributed by atoms with E-state index in [1.54, 1.807) is 30.3 Å². The van der Waals surface area contributed by atoms with Crippen molar-refractivity contribution in [2.75, 3.05) is 11.9 Å². The fourth-order valence-corrected chi connectivity index (χ4v) is 4.34. The van der Waals surface area contributed by atoms with Crippen LogP contribution in [0.4, 0.5) is 5.69 Å². The molecular formula is C27H24ClIN2O3. The first kappa shape index (κ1) is 25.6. The van der Waals surface area contributed by atoms with Crippen LogP contribution in [-0.4, -0.2) is 12.5 Å². The van der Waals surface area contributed by atoms with E-state index in [0.29, 0.717) is 41.0 Å². The van der Waals surface area contributed by atoms with Crippen LogP contribution in [-0.2, 0) is 11.4 Å². The summed E-state index contributed by atoms with van der Waals surface area (Å²) in [5.41, 5.74) is 4.62. The minimum absolute atomic E-state index is 0.0305. The molecule has 0 saturated carbocycles. The molecule has 0 unspecified atom stereocenters. The average Bonchev–Trinajstić information content (AvgIpc) is 2.78. The maximum Gasteiger partial charge on any atom is 0.266 e. The molecule has 0 radical (unpaired) electrons. The molecule has 0 aliphatic heterocycles. The summed E-state index contributed by atoms with van der Waals surface area (Å²) < 4.78 is 12.8. The number of carbonyl (C=O) groups is 1. The van der Waals surface area contributed by atoms with E-state index in [1.807, 2.05) is 19.1 Å². The molecule has 0 aliphatic rings. The highest BCUT2D eigenvalue weighted by atomic mass is 127. The average molecular weight is 587 g/mol. The van der Waals surface area contributed by atoms with E-state index < -0.39 is 5.91 Å². The number of hydrogen-bond donors (Lipinski definition) is 1. The maximum absolute atomic E-state index is 12.6. The van der Waals surface area contributed by atoms with Crippen molar-refractivity contribution in [3.8, 4) is 17.6 Å². The van der Waals surface area contributed by atoms with Gasteiger partial charge in [-0.1, -0.05) is 40.9 Å². The first-order chi connectivity index (χ1) is 16.3. The number of hydrogen-bond acceptors (Lipinski definition) is 4. The minimum Gasteiger partial charge on any atom is -0.490 e. The topological polar surface area (TPSA) is 71.3 Å². The molecule has 0 bridgehead atoms. The van der Waals surface area contributed by atoms with E-state index in [-0.39, 0.29) is 5.57 Å². The van der Waals surface area contributed by atoms with Crippen LogP contribution in [0.2, 0.25) is 5.02 Å². The number of amides is 1. The Balaban J connectivity index is 1.85. The number of halogens is 2. The van der Waals surface area contributed by atoms with E-state index in [9.17, 15) is 10.1 Å². The van der Waals surface area contributed by atoms with Crippen LogP contribution in [0.3, 0.4) is 0 Å². The highest BCUT2D eigenvalue weighted by Gasteiger charge is 2.15. The second-order valence-electron chi connectivity index (χ2n) is 7.68. The molecule has 1 amide bonds. The molecule has 0 aliphatic carbocycles. The largest absolute Gasteiger partial charge is 0.490 e. The van der Waals surface area contributed by atoms with Crippen LogP contribution in [0.25, 0.3) is 6.08 Å². The van der Waals surface area contributed by atoms with Crippen molar-refractivity contribution < 1.29 is 14.3 Å². The molecule has 174 valence electrons. The highest BCUT2D eigenvalue weighted by molar-refractivity contribution is 14.1. The van der Waals surface area contributed by atoms with Crippen LogP contribution in [0.15, 0.2) is 60.2 Å². The molecule has 0 spiro atoms. The van der Waals surface area contributed by atoms with Crippen molar-refractivity contribution >= 4 is 51.9 Å². The number of benzene rings is 3. The zero-order chi connectivity index (χ0) is 24.7. The van der Waals surface area contributed by atoms with Crippen molar-refractivity contribution in [3.63, 3.8) is 0 Å². The fraction of sp³-hybridized carbons (Fsp3) is 0.185. The van der Waals surface area contributed by atoms with Gasteiger partial charge in [-0.15, -0.1) is 0 Å². The van der Waals surface area contributed by atoms with Crippen molar-refractivity contribution in [2.24, 2.45) is 0 Å². The number of ether oxygens (including phenoxy) is 2. The Labute approximate surface area is 218 Å². The van der Waals surface area contributed by atoms with Gasteiger partial charge in [0.25, 0.3) is 5.91 Å². The van der Waals surface area contributed by atoms with E-state index in [2.05, 4.69) is 60.0 Å². The Morgan fingerprint density at radius 3 is 2.38 bits per heavy atom. The quantitative estimate of drug-likeness (QED) is 0.174. The summed E-state index contributed by atoms with van der Waals surface area (Å²) in [5, 5.41) is 12.8. The van der Waals surface area contributed by atoms with Crippen molar-refractivity contribution in [1.82, 2.24) is 0 Å². The minimum atomic E-state index is -0.507. The number of aryl methyl sites for hydroxylation is 2. The van der Waals surface area contributed by atoms with Crippen molar-refractivity contribution in [1.29, 1.82) is 5.26 Å². The Hall–Kier alpha value is -3.02. The lowest BCUT2D eigenvalue weighted by Gasteiger charge is -2.15. The van der Waals surface area contributed by atoms with Crippen molar-refractivity contribution in [3.05, 3.63) is 91.0 Å². The molecule has 1 N–H and O–H groups in total. The number of nitrogens with zero attached hydrogens (tertiary/aromatic N) is 1. The lowest BCUT2D eigenvalue weighted by atomic mass is 10.1. The molecule has 0 aromatic heterocycles. The van der Waals surface area contributed by atoms with Crippen LogP contribution in [0.5, 0.6) is 11.5 Å². The van der Waals surface area contributed by atoms with Gasteiger partial charge in [-0.3, -0.25) is 4.79 Å². The van der Waals surface area contributed by atoms with Gasteiger partial charge in [-0.2, -0.15) is 5.26 Å². The molecule has 0 saturated heterocycles. The Kier molecular flexibility index (Phi) is 8.97. The number of nitriles is 1. The molecule has 7 heteroatoms. The lowest BCUT2D eigenvalue weighted by Crippen LogP contribution is -2.13. The number of carbonyl (C=O) groups excluding carboxylic acids is 1. The maximum atomic E-state index is 12.6. The fourth-order valence-electron chi connectivity index (χ4n) is 3.43. The van der Waals surface area contributed by atoms with E-state index in [4.69, 9.17) is 21.1 Å². The molecular weight excluding hydrogens is 563 g/mol. The lowest BCUT2D eigenvalue weighted by molar-refractivity contribution is -0.112. The zero-order valence-electron chi connectivity index (χ0n) is 19.1. The zero-order valence-corrected chi connectivity index (χ0v) is 22.0. The molecule has 0 atom stereocenters. The van der Waals surface area contributed by atoms with Gasteiger partial charge in [0.1, 0.15) is 18.2 Å². The molecule has 3 rings (SSSR count). The van der Waals surface area contributed by atoms with Gasteiger partial charge in [0.05, 0.1) is 10.2 Å². The molecule has 0 fully saturated rings. The standard InChI is InChI=1S/C27H24ClIN2O3/c1-4-33-25-14-19(12-21(15-30)27(32)31-23-7-5-22(28)6-8-23)13-24(29)26(25)34-16-20-10-17(2)9-18(3)11-20/h5-14H,4,16H2,1-3H3,(H,31,32)/b21-12+. The molecule has 34 heavy (non-hydrogen) atoms. The van der Waals surface area contributed by atoms with Gasteiger partial charge in [-0.25, -0.2) is 0 Å². The van der Waals surface area contributed by atoms with Gasteiger partial charge in [0, 0.05) is 10.7 Å². The summed E-state index contributed by atoms with van der Waals surface area (Å²) in [6.45, 7) is 6.86. The van der Waals surface area contributed by atoms with Gasteiger partial charge in [0.15, 0.2) is 11.5 Å². The molecule has 0 heterocycles. The van der Waals surface area contributed by atoms with E-state index >= 15 is 0 Å². The Morgan fingerprint density at radius 1 is 1.09 bits per heavy atom. The highest BCUT2D eigenvalue weighted by Crippen LogP contribution is 2.35. The third-order valence-electron chi connectivity index (χ3n) is 4.77. The smallest absolute Gasteiger partial charge is 0.266 e. The second-order valence-corrected chi connectivity index (χ2v) is 9.28. The summed E-state index contributed by atoms with van der Waals surface area (Å²) in [4.78, 5) is 12.6. The van der Waals surface area contributed by atoms with E-state index in [1.165, 1.54) is 17.2 Å². The summed E-state index contributed by atoms with van der Waals surface area (Å²) >= 11 is 8.06. The molecule has 3 aromatic rings. The Bertz CT molecular complexity index is 1240. The third-order valence-corrected chi connectivity index (χ3v) is 5.83. The van der Waals surface area contributed by atoms with Gasteiger partial charge >= 0.3 is 0 Å². The normalized spacial score (nSPS) is 11.0. The third kappa shape index (κ3) is 6.99. The van der Waals surface area contributed by atoms with Gasteiger partial charge in [-0.05, 0) is 97.0 Å². The van der Waals surface area contributed by atoms with Gasteiger partial charge < -0.3 is 14.8 Å². The molecule has 3 aromatic carbocycles. The molecule has 5 nitrogen and oxygen atoms in total. The SMILES string of the molecule is CCOc1cc(/C=C(\C#N)C(=O)Nc2ccc(Cl)cc2)cc(I)c1OCc1cc(C)cc(C)c1. The van der Waals surface area contributed by atoms with Crippen LogP contribution < -0.4 is 14.8 Å². The van der Waals surface area contributed by atoms with Crippen molar-refractivity contribution in [2.45, 2.75) is 27.4 Å². The second kappa shape index (κ2) is 11.9. The Morgan fingerprint density at radius 2 is 1.76 bits per heavy atom. The predicted octanol–water partition coefficient (Wildman–Crippen LogP) is 7.08. The first-order valence-corrected chi connectivity index (χ1v) is 12.1. The van der Waals surface area contributed by atoms with Gasteiger partial charge in [0.2, 0.25) is 0 Å². The van der Waals surface area contributed by atoms with Crippen LogP contribution in [0, 0.1) is 28.7 Å². The summed E-state index contributed by atoms with van der Waals surface area (Å²) in [7, 11) is 0. The summed E-state index contributed by atoms with van der Waals surface area (Å²) in [6, 6.07) is 18.6. The number of nitrogens with one attached hydrogen (secondary N) is 1. The summed E-state index contributed by atoms with van der Waals surface area (Å²) in [6.07, 6.45) is 1.53.